The number of carbonyl (C=O) groups excluding carboxylic acids is 2. The van der Waals surface area contributed by atoms with Crippen LogP contribution in [0.3, 0.4) is 0 Å². The number of hydrogen-bond acceptors (Lipinski definition) is 4. The number of carbonyl (C=O) groups is 2. The molecule has 1 rings (SSSR count). The lowest BCUT2D eigenvalue weighted by molar-refractivity contribution is -0.174. The van der Waals surface area contributed by atoms with Crippen LogP contribution in [0.2, 0.25) is 0 Å². The van der Waals surface area contributed by atoms with Crippen molar-refractivity contribution in [2.45, 2.75) is 25.4 Å². The maximum atomic E-state index is 12.3. The smallest absolute Gasteiger partial charge is 0.377 e. The molecular weight excluding hydrogens is 186 g/mol. The van der Waals surface area contributed by atoms with E-state index in [-0.39, 0.29) is 13.0 Å². The minimum absolute atomic E-state index is 0.138. The molecule has 0 aromatic rings. The summed E-state index contributed by atoms with van der Waals surface area (Å²) in [4.78, 5) is 21.1. The summed E-state index contributed by atoms with van der Waals surface area (Å²) in [6, 6.07) is 0. The van der Waals surface area contributed by atoms with E-state index in [9.17, 15) is 18.4 Å². The fraction of sp³-hybridized carbons (Fsp3) is 0.714. The fourth-order valence-corrected chi connectivity index (χ4v) is 0.820. The van der Waals surface area contributed by atoms with Crippen LogP contribution in [0.4, 0.5) is 8.78 Å². The third-order valence-corrected chi connectivity index (χ3v) is 1.46. The van der Waals surface area contributed by atoms with Crippen LogP contribution in [-0.4, -0.2) is 30.6 Å². The van der Waals surface area contributed by atoms with Crippen molar-refractivity contribution in [2.75, 3.05) is 6.61 Å². The second-order valence-corrected chi connectivity index (χ2v) is 2.80. The second-order valence-electron chi connectivity index (χ2n) is 2.80. The van der Waals surface area contributed by atoms with E-state index in [1.807, 2.05) is 0 Å². The van der Waals surface area contributed by atoms with E-state index in [0.717, 1.165) is 0 Å². The number of cyclic esters (lactones) is 1. The first-order valence-corrected chi connectivity index (χ1v) is 3.64. The van der Waals surface area contributed by atoms with Crippen LogP contribution in [0.15, 0.2) is 0 Å². The SMILES string of the molecule is CC(F)(F)C(=O)OC1COC(=O)C1. The van der Waals surface area contributed by atoms with Gasteiger partial charge in [-0.15, -0.1) is 0 Å². The summed E-state index contributed by atoms with van der Waals surface area (Å²) >= 11 is 0. The number of hydrogen-bond donors (Lipinski definition) is 0. The molecule has 0 aliphatic carbocycles. The van der Waals surface area contributed by atoms with Crippen LogP contribution in [-0.2, 0) is 19.1 Å². The molecule has 74 valence electrons. The van der Waals surface area contributed by atoms with E-state index in [2.05, 4.69) is 9.47 Å². The molecule has 1 aliphatic heterocycles. The Morgan fingerprint density at radius 3 is 2.69 bits per heavy atom. The van der Waals surface area contributed by atoms with Crippen LogP contribution in [0.25, 0.3) is 0 Å². The normalized spacial score (nSPS) is 22.7. The van der Waals surface area contributed by atoms with E-state index in [0.29, 0.717) is 6.92 Å². The first-order valence-electron chi connectivity index (χ1n) is 3.64. The number of ether oxygens (including phenoxy) is 2. The number of alkyl halides is 2. The Balaban J connectivity index is 2.42. The monoisotopic (exact) mass is 194 g/mol. The Morgan fingerprint density at radius 1 is 1.69 bits per heavy atom. The highest BCUT2D eigenvalue weighted by Gasteiger charge is 2.38. The van der Waals surface area contributed by atoms with Gasteiger partial charge in [-0.3, -0.25) is 4.79 Å². The van der Waals surface area contributed by atoms with Crippen molar-refractivity contribution >= 4 is 11.9 Å². The highest BCUT2D eigenvalue weighted by molar-refractivity contribution is 5.78. The lowest BCUT2D eigenvalue weighted by Gasteiger charge is -2.12. The summed E-state index contributed by atoms with van der Waals surface area (Å²) < 4.78 is 33.3. The summed E-state index contributed by atoms with van der Waals surface area (Å²) in [5.41, 5.74) is 0. The van der Waals surface area contributed by atoms with Gasteiger partial charge in [-0.1, -0.05) is 0 Å². The largest absolute Gasteiger partial charge is 0.462 e. The first kappa shape index (κ1) is 9.88. The minimum atomic E-state index is -3.52. The summed E-state index contributed by atoms with van der Waals surface area (Å²) in [5, 5.41) is 0. The van der Waals surface area contributed by atoms with Gasteiger partial charge in [0.1, 0.15) is 12.7 Å². The lowest BCUT2D eigenvalue weighted by Crippen LogP contribution is -2.31. The first-order chi connectivity index (χ1) is 5.89. The zero-order chi connectivity index (χ0) is 10.1. The van der Waals surface area contributed by atoms with Crippen LogP contribution in [0.5, 0.6) is 0 Å². The molecule has 0 saturated carbocycles. The Hall–Kier alpha value is -1.20. The van der Waals surface area contributed by atoms with Crippen LogP contribution in [0, 0.1) is 0 Å². The predicted octanol–water partition coefficient (Wildman–Crippen LogP) is 0.500. The quantitative estimate of drug-likeness (QED) is 0.600. The van der Waals surface area contributed by atoms with Gasteiger partial charge in [-0.2, -0.15) is 8.78 Å². The van der Waals surface area contributed by atoms with Gasteiger partial charge in [0.25, 0.3) is 0 Å². The van der Waals surface area contributed by atoms with E-state index >= 15 is 0 Å². The van der Waals surface area contributed by atoms with Gasteiger partial charge in [0.05, 0.1) is 6.42 Å². The molecule has 0 aromatic heterocycles. The molecule has 6 heteroatoms. The zero-order valence-corrected chi connectivity index (χ0v) is 6.88. The third kappa shape index (κ3) is 2.64. The third-order valence-electron chi connectivity index (χ3n) is 1.46. The molecule has 0 amide bonds. The summed E-state index contributed by atoms with van der Waals surface area (Å²) in [6.45, 7) is 0.299. The van der Waals surface area contributed by atoms with Gasteiger partial charge >= 0.3 is 17.9 Å². The van der Waals surface area contributed by atoms with Crippen molar-refractivity contribution < 1.29 is 27.8 Å². The summed E-state index contributed by atoms with van der Waals surface area (Å²) in [6.07, 6.45) is -1.02. The number of halogens is 2. The Bertz CT molecular complexity index is 233. The molecule has 0 spiro atoms. The molecular formula is C7H8F2O4. The zero-order valence-electron chi connectivity index (χ0n) is 6.88. The van der Waals surface area contributed by atoms with Gasteiger partial charge in [0, 0.05) is 6.92 Å². The van der Waals surface area contributed by atoms with Gasteiger partial charge < -0.3 is 9.47 Å². The molecule has 4 nitrogen and oxygen atoms in total. The van der Waals surface area contributed by atoms with E-state index < -0.39 is 24.0 Å². The Morgan fingerprint density at radius 2 is 2.31 bits per heavy atom. The fourth-order valence-electron chi connectivity index (χ4n) is 0.820. The van der Waals surface area contributed by atoms with Gasteiger partial charge in [0.15, 0.2) is 0 Å². The molecule has 1 atom stereocenters. The second kappa shape index (κ2) is 3.27. The van der Waals surface area contributed by atoms with Crippen molar-refractivity contribution in [3.05, 3.63) is 0 Å². The molecule has 1 unspecified atom stereocenters. The maximum Gasteiger partial charge on any atom is 0.377 e. The average Bonchev–Trinajstić information content (AvgIpc) is 2.33. The van der Waals surface area contributed by atoms with Crippen LogP contribution >= 0.6 is 0 Å². The lowest BCUT2D eigenvalue weighted by atomic mass is 10.3. The average molecular weight is 194 g/mol. The standard InChI is InChI=1S/C7H8F2O4/c1-7(8,9)6(11)13-4-2-5(10)12-3-4/h4H,2-3H2,1H3. The molecule has 0 bridgehead atoms. The Labute approximate surface area is 72.8 Å². The molecule has 1 fully saturated rings. The molecule has 0 aromatic carbocycles. The molecule has 1 aliphatic rings. The van der Waals surface area contributed by atoms with E-state index in [1.54, 1.807) is 0 Å². The Kier molecular flexibility index (Phi) is 2.49. The van der Waals surface area contributed by atoms with Gasteiger partial charge in [-0.05, 0) is 0 Å². The molecule has 1 saturated heterocycles. The van der Waals surface area contributed by atoms with Gasteiger partial charge in [-0.25, -0.2) is 4.79 Å². The van der Waals surface area contributed by atoms with Crippen molar-refractivity contribution in [1.82, 2.24) is 0 Å². The van der Waals surface area contributed by atoms with E-state index in [1.165, 1.54) is 0 Å². The highest BCUT2D eigenvalue weighted by Crippen LogP contribution is 2.18. The van der Waals surface area contributed by atoms with E-state index in [4.69, 9.17) is 0 Å². The highest BCUT2D eigenvalue weighted by atomic mass is 19.3. The summed E-state index contributed by atoms with van der Waals surface area (Å²) in [7, 11) is 0. The predicted molar refractivity (Wildman–Crippen MR) is 36.1 cm³/mol. The molecule has 0 radical (unpaired) electrons. The molecule has 13 heavy (non-hydrogen) atoms. The van der Waals surface area contributed by atoms with Crippen molar-refractivity contribution in [3.8, 4) is 0 Å². The van der Waals surface area contributed by atoms with Crippen molar-refractivity contribution in [3.63, 3.8) is 0 Å². The van der Waals surface area contributed by atoms with Crippen molar-refractivity contribution in [2.24, 2.45) is 0 Å². The van der Waals surface area contributed by atoms with Crippen molar-refractivity contribution in [1.29, 1.82) is 0 Å². The molecule has 1 heterocycles. The molecule has 0 N–H and O–H groups in total. The van der Waals surface area contributed by atoms with Gasteiger partial charge in [0.2, 0.25) is 0 Å². The van der Waals surface area contributed by atoms with Crippen LogP contribution < -0.4 is 0 Å². The minimum Gasteiger partial charge on any atom is -0.462 e. The number of rotatable bonds is 2. The topological polar surface area (TPSA) is 52.6 Å². The van der Waals surface area contributed by atoms with Crippen LogP contribution in [0.1, 0.15) is 13.3 Å². The number of esters is 2. The maximum absolute atomic E-state index is 12.3. The summed E-state index contributed by atoms with van der Waals surface area (Å²) in [5.74, 6) is -5.70.